The molecule has 0 saturated carbocycles. The van der Waals surface area contributed by atoms with Crippen molar-refractivity contribution in [3.05, 3.63) is 35.9 Å². The van der Waals surface area contributed by atoms with Gasteiger partial charge in [-0.3, -0.25) is 4.79 Å². The molecule has 2 heteroatoms. The molecule has 1 saturated heterocycles. The molecule has 1 aromatic carbocycles. The summed E-state index contributed by atoms with van der Waals surface area (Å²) in [6.45, 7) is 0. The fourth-order valence-corrected chi connectivity index (χ4v) is 1.95. The predicted octanol–water partition coefficient (Wildman–Crippen LogP) is 2.71. The number of hydrogen-bond donors (Lipinski definition) is 0. The second kappa shape index (κ2) is 4.96. The molecule has 0 radical (unpaired) electrons. The van der Waals surface area contributed by atoms with Crippen LogP contribution in [0.25, 0.3) is 0 Å². The molecule has 0 aromatic heterocycles. The van der Waals surface area contributed by atoms with Crippen molar-refractivity contribution in [2.24, 2.45) is 0 Å². The molecule has 1 aromatic rings. The largest absolute Gasteiger partial charge is 0.462 e. The molecule has 0 bridgehead atoms. The van der Waals surface area contributed by atoms with Crippen molar-refractivity contribution < 1.29 is 9.53 Å². The Morgan fingerprint density at radius 1 is 1.27 bits per heavy atom. The lowest BCUT2D eigenvalue weighted by molar-refractivity contribution is -0.153. The van der Waals surface area contributed by atoms with Gasteiger partial charge in [-0.05, 0) is 31.2 Å². The van der Waals surface area contributed by atoms with Crippen molar-refractivity contribution in [1.29, 1.82) is 0 Å². The summed E-state index contributed by atoms with van der Waals surface area (Å²) in [5, 5.41) is 0. The van der Waals surface area contributed by atoms with Crippen LogP contribution in [-0.2, 0) is 16.0 Å². The van der Waals surface area contributed by atoms with Crippen LogP contribution in [0.5, 0.6) is 0 Å². The number of benzene rings is 1. The van der Waals surface area contributed by atoms with Gasteiger partial charge in [-0.1, -0.05) is 30.3 Å². The third-order valence-electron chi connectivity index (χ3n) is 2.80. The minimum absolute atomic E-state index is 0.0284. The van der Waals surface area contributed by atoms with Crippen LogP contribution in [0, 0.1) is 0 Å². The summed E-state index contributed by atoms with van der Waals surface area (Å²) in [6.07, 6.45) is 4.71. The molecule has 0 aliphatic carbocycles. The van der Waals surface area contributed by atoms with Crippen LogP contribution in [0.3, 0.4) is 0 Å². The summed E-state index contributed by atoms with van der Waals surface area (Å²) in [7, 11) is 0. The maximum absolute atomic E-state index is 11.1. The number of ether oxygens (including phenoxy) is 1. The molecule has 1 fully saturated rings. The fraction of sp³-hybridized carbons (Fsp3) is 0.462. The maximum atomic E-state index is 11.1. The van der Waals surface area contributed by atoms with Crippen molar-refractivity contribution >= 4 is 5.97 Å². The summed E-state index contributed by atoms with van der Waals surface area (Å²) in [5.41, 5.74) is 1.32. The van der Waals surface area contributed by atoms with Gasteiger partial charge in [0.15, 0.2) is 0 Å². The smallest absolute Gasteiger partial charge is 0.306 e. The van der Waals surface area contributed by atoms with Gasteiger partial charge in [-0.15, -0.1) is 0 Å². The molecular formula is C13H16O2. The minimum Gasteiger partial charge on any atom is -0.462 e. The van der Waals surface area contributed by atoms with Crippen LogP contribution in [0.15, 0.2) is 30.3 Å². The van der Waals surface area contributed by atoms with E-state index in [2.05, 4.69) is 12.1 Å². The molecule has 0 unspecified atom stereocenters. The molecule has 1 aliphatic heterocycles. The lowest BCUT2D eigenvalue weighted by Gasteiger charge is -2.22. The average Bonchev–Trinajstić information content (AvgIpc) is 2.28. The number of carbonyl (C=O) groups excluding carboxylic acids is 1. The van der Waals surface area contributed by atoms with Gasteiger partial charge in [0, 0.05) is 6.42 Å². The van der Waals surface area contributed by atoms with Crippen molar-refractivity contribution in [3.8, 4) is 0 Å². The SMILES string of the molecule is O=C1CCC[C@H](CCc2ccccc2)O1. The van der Waals surface area contributed by atoms with Gasteiger partial charge in [0.1, 0.15) is 6.10 Å². The third-order valence-corrected chi connectivity index (χ3v) is 2.80. The Morgan fingerprint density at radius 2 is 2.07 bits per heavy atom. The Morgan fingerprint density at radius 3 is 2.80 bits per heavy atom. The molecule has 1 aliphatic rings. The normalized spacial score (nSPS) is 21.1. The van der Waals surface area contributed by atoms with Gasteiger partial charge in [0.25, 0.3) is 0 Å². The van der Waals surface area contributed by atoms with Crippen LogP contribution in [0.4, 0.5) is 0 Å². The molecule has 0 N–H and O–H groups in total. The number of rotatable bonds is 3. The second-order valence-corrected chi connectivity index (χ2v) is 4.03. The highest BCUT2D eigenvalue weighted by Crippen LogP contribution is 2.18. The third kappa shape index (κ3) is 3.08. The molecule has 15 heavy (non-hydrogen) atoms. The van der Waals surface area contributed by atoms with E-state index in [9.17, 15) is 4.79 Å². The monoisotopic (exact) mass is 204 g/mol. The number of aryl methyl sites for hydroxylation is 1. The highest BCUT2D eigenvalue weighted by molar-refractivity contribution is 5.70. The van der Waals surface area contributed by atoms with E-state index in [1.165, 1.54) is 5.56 Å². The van der Waals surface area contributed by atoms with Crippen molar-refractivity contribution in [2.45, 2.75) is 38.2 Å². The van der Waals surface area contributed by atoms with Gasteiger partial charge in [-0.25, -0.2) is 0 Å². The molecule has 80 valence electrons. The van der Waals surface area contributed by atoms with Crippen LogP contribution in [-0.4, -0.2) is 12.1 Å². The van der Waals surface area contributed by atoms with Crippen molar-refractivity contribution in [3.63, 3.8) is 0 Å². The first kappa shape index (κ1) is 10.2. The van der Waals surface area contributed by atoms with Gasteiger partial charge < -0.3 is 4.74 Å². The van der Waals surface area contributed by atoms with Gasteiger partial charge >= 0.3 is 5.97 Å². The number of hydrogen-bond acceptors (Lipinski definition) is 2. The van der Waals surface area contributed by atoms with Crippen molar-refractivity contribution in [2.75, 3.05) is 0 Å². The quantitative estimate of drug-likeness (QED) is 0.708. The van der Waals surface area contributed by atoms with Crippen LogP contribution in [0.2, 0.25) is 0 Å². The average molecular weight is 204 g/mol. The molecular weight excluding hydrogens is 188 g/mol. The molecule has 2 rings (SSSR count). The summed E-state index contributed by atoms with van der Waals surface area (Å²) in [4.78, 5) is 11.1. The predicted molar refractivity (Wildman–Crippen MR) is 58.5 cm³/mol. The number of carbonyl (C=O) groups is 1. The molecule has 0 amide bonds. The van der Waals surface area contributed by atoms with Crippen molar-refractivity contribution in [1.82, 2.24) is 0 Å². The molecule has 2 nitrogen and oxygen atoms in total. The Kier molecular flexibility index (Phi) is 3.38. The summed E-state index contributed by atoms with van der Waals surface area (Å²) in [6, 6.07) is 10.3. The first-order chi connectivity index (χ1) is 7.34. The zero-order chi connectivity index (χ0) is 10.5. The Bertz CT molecular complexity index is 319. The van der Waals surface area contributed by atoms with Crippen LogP contribution >= 0.6 is 0 Å². The van der Waals surface area contributed by atoms with Gasteiger partial charge in [0.2, 0.25) is 0 Å². The summed E-state index contributed by atoms with van der Waals surface area (Å²) >= 11 is 0. The maximum Gasteiger partial charge on any atom is 0.306 e. The highest BCUT2D eigenvalue weighted by Gasteiger charge is 2.19. The van der Waals surface area contributed by atoms with E-state index in [4.69, 9.17) is 4.74 Å². The number of cyclic esters (lactones) is 1. The Labute approximate surface area is 90.3 Å². The first-order valence-electron chi connectivity index (χ1n) is 5.58. The first-order valence-corrected chi connectivity index (χ1v) is 5.58. The Balaban J connectivity index is 1.80. The van der Waals surface area contributed by atoms with Gasteiger partial charge in [0.05, 0.1) is 0 Å². The minimum atomic E-state index is -0.0284. The van der Waals surface area contributed by atoms with E-state index in [1.54, 1.807) is 0 Å². The van der Waals surface area contributed by atoms with E-state index < -0.39 is 0 Å². The lowest BCUT2D eigenvalue weighted by atomic mass is 10.0. The zero-order valence-electron chi connectivity index (χ0n) is 8.82. The fourth-order valence-electron chi connectivity index (χ4n) is 1.95. The van der Waals surface area contributed by atoms with E-state index in [-0.39, 0.29) is 12.1 Å². The molecule has 1 atom stereocenters. The van der Waals surface area contributed by atoms with E-state index in [0.717, 1.165) is 25.7 Å². The van der Waals surface area contributed by atoms with Crippen LogP contribution < -0.4 is 0 Å². The zero-order valence-corrected chi connectivity index (χ0v) is 8.82. The summed E-state index contributed by atoms with van der Waals surface area (Å²) in [5.74, 6) is -0.0284. The molecule has 0 spiro atoms. The van der Waals surface area contributed by atoms with E-state index in [0.29, 0.717) is 6.42 Å². The topological polar surface area (TPSA) is 26.3 Å². The second-order valence-electron chi connectivity index (χ2n) is 4.03. The van der Waals surface area contributed by atoms with Gasteiger partial charge in [-0.2, -0.15) is 0 Å². The summed E-state index contributed by atoms with van der Waals surface area (Å²) < 4.78 is 5.27. The Hall–Kier alpha value is -1.31. The van der Waals surface area contributed by atoms with Crippen LogP contribution in [0.1, 0.15) is 31.2 Å². The lowest BCUT2D eigenvalue weighted by Crippen LogP contribution is -2.23. The van der Waals surface area contributed by atoms with E-state index in [1.807, 2.05) is 18.2 Å². The number of esters is 1. The standard InChI is InChI=1S/C13H16O2/c14-13-8-4-7-12(15-13)10-9-11-5-2-1-3-6-11/h1-3,5-6,12H,4,7-10H2/t12-/m1/s1. The van der Waals surface area contributed by atoms with E-state index >= 15 is 0 Å². The highest BCUT2D eigenvalue weighted by atomic mass is 16.5. The molecule has 1 heterocycles.